The molecule has 2 unspecified atom stereocenters. The number of aromatic nitrogens is 4. The number of hydrogen-bond acceptors (Lipinski definition) is 6. The second-order valence-electron chi connectivity index (χ2n) is 7.00. The quantitative estimate of drug-likeness (QED) is 0.725. The van der Waals surface area contributed by atoms with Gasteiger partial charge >= 0.3 is 0 Å². The molecule has 1 aliphatic carbocycles. The van der Waals surface area contributed by atoms with Gasteiger partial charge in [0.05, 0.1) is 12.1 Å². The molecule has 0 saturated heterocycles. The highest BCUT2D eigenvalue weighted by Crippen LogP contribution is 2.35. The van der Waals surface area contributed by atoms with E-state index in [9.17, 15) is 5.11 Å². The molecular weight excluding hydrogens is 318 g/mol. The third-order valence-electron chi connectivity index (χ3n) is 4.43. The summed E-state index contributed by atoms with van der Waals surface area (Å²) < 4.78 is 7.71. The van der Waals surface area contributed by atoms with Crippen LogP contribution in [0.2, 0.25) is 0 Å². The minimum atomic E-state index is -0.604. The number of aliphatic hydroxyl groups is 1. The van der Waals surface area contributed by atoms with Crippen molar-refractivity contribution >= 4 is 0 Å². The average molecular weight is 345 g/mol. The highest BCUT2D eigenvalue weighted by atomic mass is 16.5. The molecule has 1 heterocycles. The lowest BCUT2D eigenvalue weighted by molar-refractivity contribution is 0.103. The summed E-state index contributed by atoms with van der Waals surface area (Å²) in [4.78, 5) is 0. The Balaban J connectivity index is 1.48. The van der Waals surface area contributed by atoms with Crippen LogP contribution < -0.4 is 10.1 Å². The molecule has 25 heavy (non-hydrogen) atoms. The second kappa shape index (κ2) is 7.93. The fourth-order valence-corrected chi connectivity index (χ4v) is 2.80. The first-order valence-electron chi connectivity index (χ1n) is 8.97. The van der Waals surface area contributed by atoms with Gasteiger partial charge < -0.3 is 15.2 Å². The smallest absolute Gasteiger partial charge is 0.168 e. The fourth-order valence-electron chi connectivity index (χ4n) is 2.80. The van der Waals surface area contributed by atoms with Crippen LogP contribution in [-0.2, 0) is 0 Å². The Labute approximate surface area is 148 Å². The Bertz CT molecular complexity index is 684. The van der Waals surface area contributed by atoms with Crippen molar-refractivity contribution in [3.8, 4) is 5.75 Å². The number of nitrogens with zero attached hydrogens (tertiary/aromatic N) is 4. The summed E-state index contributed by atoms with van der Waals surface area (Å²) in [5.41, 5.74) is 1.15. The van der Waals surface area contributed by atoms with Gasteiger partial charge in [0.25, 0.3) is 0 Å². The predicted molar refractivity (Wildman–Crippen MR) is 94.5 cm³/mol. The van der Waals surface area contributed by atoms with Gasteiger partial charge in [-0.1, -0.05) is 32.0 Å². The van der Waals surface area contributed by atoms with Gasteiger partial charge in [0.15, 0.2) is 5.82 Å². The third kappa shape index (κ3) is 4.55. The molecule has 1 aromatic heterocycles. The van der Waals surface area contributed by atoms with Gasteiger partial charge in [0.1, 0.15) is 18.5 Å². The number of hydrogen-bond donors (Lipinski definition) is 2. The molecule has 0 spiro atoms. The van der Waals surface area contributed by atoms with Crippen molar-refractivity contribution in [2.75, 3.05) is 13.2 Å². The van der Waals surface area contributed by atoms with Gasteiger partial charge in [-0.05, 0) is 47.7 Å². The van der Waals surface area contributed by atoms with E-state index in [2.05, 4.69) is 40.8 Å². The number of nitrogens with one attached hydrogen (secondary N) is 1. The van der Waals surface area contributed by atoms with E-state index in [4.69, 9.17) is 4.74 Å². The predicted octanol–water partition coefficient (Wildman–Crippen LogP) is 2.22. The lowest BCUT2D eigenvalue weighted by Crippen LogP contribution is -2.34. The lowest BCUT2D eigenvalue weighted by Gasteiger charge is -2.19. The molecule has 136 valence electrons. The van der Waals surface area contributed by atoms with Crippen LogP contribution in [0.15, 0.2) is 24.3 Å². The molecule has 3 rings (SSSR count). The van der Waals surface area contributed by atoms with Crippen molar-refractivity contribution in [2.45, 2.75) is 57.7 Å². The van der Waals surface area contributed by atoms with Crippen LogP contribution in [0, 0.1) is 0 Å². The number of ether oxygens (including phenoxy) is 1. The Morgan fingerprint density at radius 3 is 2.76 bits per heavy atom. The molecule has 1 fully saturated rings. The zero-order valence-electron chi connectivity index (χ0n) is 15.1. The summed E-state index contributed by atoms with van der Waals surface area (Å²) in [5, 5.41) is 25.5. The van der Waals surface area contributed by atoms with Crippen LogP contribution in [0.25, 0.3) is 0 Å². The van der Waals surface area contributed by atoms with Gasteiger partial charge in [-0.2, -0.15) is 0 Å². The van der Waals surface area contributed by atoms with E-state index >= 15 is 0 Å². The topological polar surface area (TPSA) is 85.1 Å². The standard InChI is InChI=1S/C18H27N5O2/c1-12(2)16-6-4-5-7-17(16)25-11-15(24)10-19-13(3)18-20-21-22-23(18)14-8-9-14/h4-7,12-15,19,24H,8-11H2,1-3H3. The second-order valence-corrected chi connectivity index (χ2v) is 7.00. The molecule has 0 amide bonds. The Hall–Kier alpha value is -1.99. The first kappa shape index (κ1) is 17.8. The van der Waals surface area contributed by atoms with E-state index in [1.807, 2.05) is 29.8 Å². The van der Waals surface area contributed by atoms with E-state index in [1.165, 1.54) is 0 Å². The summed E-state index contributed by atoms with van der Waals surface area (Å²) in [5.74, 6) is 2.04. The zero-order chi connectivity index (χ0) is 17.8. The minimum Gasteiger partial charge on any atom is -0.491 e. The summed E-state index contributed by atoms with van der Waals surface area (Å²) in [6.45, 7) is 6.93. The molecule has 1 aromatic carbocycles. The maximum Gasteiger partial charge on any atom is 0.168 e. The molecule has 2 atom stereocenters. The van der Waals surface area contributed by atoms with E-state index < -0.39 is 6.10 Å². The van der Waals surface area contributed by atoms with E-state index in [-0.39, 0.29) is 12.6 Å². The summed E-state index contributed by atoms with van der Waals surface area (Å²) in [6, 6.07) is 8.38. The number of rotatable bonds is 9. The van der Waals surface area contributed by atoms with Crippen molar-refractivity contribution in [3.05, 3.63) is 35.7 Å². The van der Waals surface area contributed by atoms with Gasteiger partial charge in [0.2, 0.25) is 0 Å². The van der Waals surface area contributed by atoms with Crippen LogP contribution in [0.4, 0.5) is 0 Å². The Morgan fingerprint density at radius 1 is 1.28 bits per heavy atom. The number of benzene rings is 1. The average Bonchev–Trinajstić information content (AvgIpc) is 3.34. The molecule has 7 nitrogen and oxygen atoms in total. The van der Waals surface area contributed by atoms with Crippen LogP contribution in [0.3, 0.4) is 0 Å². The summed E-state index contributed by atoms with van der Waals surface area (Å²) in [7, 11) is 0. The van der Waals surface area contributed by atoms with Gasteiger partial charge in [0, 0.05) is 6.54 Å². The van der Waals surface area contributed by atoms with Crippen LogP contribution in [0.1, 0.15) is 63.0 Å². The number of tetrazole rings is 1. The molecular formula is C18H27N5O2. The molecule has 1 saturated carbocycles. The molecule has 7 heteroatoms. The van der Waals surface area contributed by atoms with Crippen molar-refractivity contribution in [3.63, 3.8) is 0 Å². The minimum absolute atomic E-state index is 0.0202. The monoisotopic (exact) mass is 345 g/mol. The molecule has 0 aliphatic heterocycles. The number of aliphatic hydroxyl groups excluding tert-OH is 1. The first-order valence-corrected chi connectivity index (χ1v) is 8.97. The van der Waals surface area contributed by atoms with Gasteiger partial charge in [-0.25, -0.2) is 4.68 Å². The third-order valence-corrected chi connectivity index (χ3v) is 4.43. The molecule has 0 radical (unpaired) electrons. The van der Waals surface area contributed by atoms with E-state index in [0.717, 1.165) is 30.0 Å². The summed E-state index contributed by atoms with van der Waals surface area (Å²) in [6.07, 6.45) is 1.67. The van der Waals surface area contributed by atoms with Crippen LogP contribution in [-0.4, -0.2) is 44.6 Å². The first-order chi connectivity index (χ1) is 12.1. The largest absolute Gasteiger partial charge is 0.491 e. The molecule has 0 bridgehead atoms. The fraction of sp³-hybridized carbons (Fsp3) is 0.611. The van der Waals surface area contributed by atoms with Crippen molar-refractivity contribution in [1.29, 1.82) is 0 Å². The molecule has 1 aliphatic rings. The summed E-state index contributed by atoms with van der Waals surface area (Å²) >= 11 is 0. The van der Waals surface area contributed by atoms with Crippen LogP contribution in [0.5, 0.6) is 5.75 Å². The Morgan fingerprint density at radius 2 is 2.04 bits per heavy atom. The zero-order valence-corrected chi connectivity index (χ0v) is 15.1. The van der Waals surface area contributed by atoms with Gasteiger partial charge in [-0.15, -0.1) is 5.10 Å². The highest BCUT2D eigenvalue weighted by molar-refractivity contribution is 5.35. The maximum absolute atomic E-state index is 10.2. The SMILES string of the molecule is CC(C)c1ccccc1OCC(O)CNC(C)c1nnnn1C1CC1. The van der Waals surface area contributed by atoms with Gasteiger partial charge in [-0.3, -0.25) is 0 Å². The van der Waals surface area contributed by atoms with Crippen molar-refractivity contribution in [1.82, 2.24) is 25.5 Å². The van der Waals surface area contributed by atoms with Crippen LogP contribution >= 0.6 is 0 Å². The molecule has 2 aromatic rings. The Kier molecular flexibility index (Phi) is 5.65. The normalized spacial score (nSPS) is 16.8. The lowest BCUT2D eigenvalue weighted by atomic mass is 10.0. The molecule has 2 N–H and O–H groups in total. The van der Waals surface area contributed by atoms with Crippen molar-refractivity contribution in [2.24, 2.45) is 0 Å². The highest BCUT2D eigenvalue weighted by Gasteiger charge is 2.29. The maximum atomic E-state index is 10.2. The number of para-hydroxylation sites is 1. The van der Waals surface area contributed by atoms with E-state index in [0.29, 0.717) is 18.5 Å². The van der Waals surface area contributed by atoms with E-state index in [1.54, 1.807) is 0 Å². The van der Waals surface area contributed by atoms with Crippen molar-refractivity contribution < 1.29 is 9.84 Å².